The molecular weight excluding hydrogens is 332 g/mol. The van der Waals surface area contributed by atoms with Gasteiger partial charge in [0, 0.05) is 6.54 Å². The van der Waals surface area contributed by atoms with E-state index in [1.54, 1.807) is 32.4 Å². The van der Waals surface area contributed by atoms with Gasteiger partial charge in [-0.3, -0.25) is 4.79 Å². The van der Waals surface area contributed by atoms with Crippen molar-refractivity contribution in [2.24, 2.45) is 0 Å². The van der Waals surface area contributed by atoms with Gasteiger partial charge in [0.25, 0.3) is 5.91 Å². The number of benzene rings is 2. The molecule has 2 rings (SSSR count). The van der Waals surface area contributed by atoms with Crippen LogP contribution in [-0.2, 0) is 11.3 Å². The third-order valence-electron chi connectivity index (χ3n) is 3.70. The van der Waals surface area contributed by atoms with Crippen LogP contribution in [-0.4, -0.2) is 27.2 Å². The van der Waals surface area contributed by atoms with Crippen molar-refractivity contribution < 1.29 is 19.0 Å². The molecule has 0 aliphatic rings. The van der Waals surface area contributed by atoms with Gasteiger partial charge in [-0.1, -0.05) is 18.2 Å². The molecule has 6 nitrogen and oxygen atoms in total. The zero-order chi connectivity index (χ0) is 18.9. The number of nitrogens with zero attached hydrogens (tertiary/aromatic N) is 1. The first-order valence-electron chi connectivity index (χ1n) is 7.86. The van der Waals surface area contributed by atoms with E-state index in [4.69, 9.17) is 14.2 Å². The fourth-order valence-corrected chi connectivity index (χ4v) is 2.28. The minimum atomic E-state index is -0.446. The Labute approximate surface area is 152 Å². The number of carbonyl (C=O) groups excluding carboxylic acids is 1. The first-order chi connectivity index (χ1) is 12.6. The van der Waals surface area contributed by atoms with E-state index in [1.165, 1.54) is 13.2 Å². The van der Waals surface area contributed by atoms with E-state index < -0.39 is 5.91 Å². The van der Waals surface area contributed by atoms with Gasteiger partial charge in [0.2, 0.25) is 0 Å². The molecule has 0 saturated heterocycles. The van der Waals surface area contributed by atoms with Crippen molar-refractivity contribution in [2.75, 3.05) is 21.3 Å². The van der Waals surface area contributed by atoms with Crippen molar-refractivity contribution in [1.82, 2.24) is 5.32 Å². The maximum atomic E-state index is 12.3. The molecule has 0 saturated carbocycles. The highest BCUT2D eigenvalue weighted by Crippen LogP contribution is 2.28. The Morgan fingerprint density at radius 3 is 2.31 bits per heavy atom. The van der Waals surface area contributed by atoms with Crippen LogP contribution in [0.3, 0.4) is 0 Å². The highest BCUT2D eigenvalue weighted by molar-refractivity contribution is 6.01. The van der Waals surface area contributed by atoms with E-state index in [0.717, 1.165) is 11.3 Å². The quantitative estimate of drug-likeness (QED) is 0.612. The van der Waals surface area contributed by atoms with Gasteiger partial charge in [-0.2, -0.15) is 5.26 Å². The zero-order valence-corrected chi connectivity index (χ0v) is 14.9. The fraction of sp³-hybridized carbons (Fsp3) is 0.200. The smallest absolute Gasteiger partial charge is 0.262 e. The average Bonchev–Trinajstić information content (AvgIpc) is 2.70. The van der Waals surface area contributed by atoms with Crippen molar-refractivity contribution in [3.63, 3.8) is 0 Å². The summed E-state index contributed by atoms with van der Waals surface area (Å²) in [5.41, 5.74) is 1.58. The van der Waals surface area contributed by atoms with Gasteiger partial charge >= 0.3 is 0 Å². The first kappa shape index (κ1) is 18.9. The van der Waals surface area contributed by atoms with E-state index >= 15 is 0 Å². The van der Waals surface area contributed by atoms with E-state index in [-0.39, 0.29) is 5.57 Å². The monoisotopic (exact) mass is 352 g/mol. The normalized spacial score (nSPS) is 10.6. The number of methoxy groups -OCH3 is 3. The molecule has 0 aliphatic heterocycles. The maximum Gasteiger partial charge on any atom is 0.262 e. The van der Waals surface area contributed by atoms with Gasteiger partial charge in [-0.05, 0) is 41.5 Å². The van der Waals surface area contributed by atoms with Crippen molar-refractivity contribution in [1.29, 1.82) is 5.26 Å². The molecule has 6 heteroatoms. The minimum Gasteiger partial charge on any atom is -0.497 e. The summed E-state index contributed by atoms with van der Waals surface area (Å²) in [7, 11) is 4.66. The lowest BCUT2D eigenvalue weighted by atomic mass is 10.1. The molecule has 134 valence electrons. The predicted molar refractivity (Wildman–Crippen MR) is 98.0 cm³/mol. The number of amides is 1. The molecule has 0 aromatic heterocycles. The summed E-state index contributed by atoms with van der Waals surface area (Å²) in [5, 5.41) is 12.0. The van der Waals surface area contributed by atoms with Crippen molar-refractivity contribution >= 4 is 12.0 Å². The van der Waals surface area contributed by atoms with Gasteiger partial charge in [-0.15, -0.1) is 0 Å². The van der Waals surface area contributed by atoms with Crippen LogP contribution >= 0.6 is 0 Å². The van der Waals surface area contributed by atoms with Crippen LogP contribution < -0.4 is 19.5 Å². The lowest BCUT2D eigenvalue weighted by Crippen LogP contribution is -2.23. The molecule has 0 radical (unpaired) electrons. The lowest BCUT2D eigenvalue weighted by molar-refractivity contribution is -0.117. The summed E-state index contributed by atoms with van der Waals surface area (Å²) in [4.78, 5) is 12.3. The van der Waals surface area contributed by atoms with E-state index in [1.807, 2.05) is 30.3 Å². The van der Waals surface area contributed by atoms with Gasteiger partial charge in [0.15, 0.2) is 11.5 Å². The minimum absolute atomic E-state index is 0.00531. The number of carbonyl (C=O) groups is 1. The predicted octanol–water partition coefficient (Wildman–Crippen LogP) is 2.94. The molecular formula is C20H20N2O4. The topological polar surface area (TPSA) is 80.6 Å². The number of rotatable bonds is 7. The Morgan fingerprint density at radius 2 is 1.73 bits per heavy atom. The second kappa shape index (κ2) is 9.14. The Kier molecular flexibility index (Phi) is 6.63. The number of ether oxygens (including phenoxy) is 3. The molecule has 2 aromatic carbocycles. The van der Waals surface area contributed by atoms with Gasteiger partial charge in [0.1, 0.15) is 17.4 Å². The third kappa shape index (κ3) is 4.77. The van der Waals surface area contributed by atoms with Crippen molar-refractivity contribution in [2.45, 2.75) is 6.54 Å². The van der Waals surface area contributed by atoms with E-state index in [9.17, 15) is 10.1 Å². The van der Waals surface area contributed by atoms with Crippen LogP contribution in [0.25, 0.3) is 6.08 Å². The number of hydrogen-bond acceptors (Lipinski definition) is 5. The van der Waals surface area contributed by atoms with Crippen molar-refractivity contribution in [3.8, 4) is 23.3 Å². The van der Waals surface area contributed by atoms with Crippen molar-refractivity contribution in [3.05, 3.63) is 59.2 Å². The summed E-state index contributed by atoms with van der Waals surface area (Å²) in [6.07, 6.45) is 1.51. The summed E-state index contributed by atoms with van der Waals surface area (Å²) >= 11 is 0. The van der Waals surface area contributed by atoms with Crippen LogP contribution in [0.2, 0.25) is 0 Å². The summed E-state index contributed by atoms with van der Waals surface area (Å²) in [6, 6.07) is 14.4. The largest absolute Gasteiger partial charge is 0.497 e. The van der Waals surface area contributed by atoms with Crippen LogP contribution in [0.5, 0.6) is 17.2 Å². The van der Waals surface area contributed by atoms with Crippen LogP contribution in [0.4, 0.5) is 0 Å². The molecule has 0 aliphatic carbocycles. The van der Waals surface area contributed by atoms with Gasteiger partial charge in [0.05, 0.1) is 21.3 Å². The first-order valence-corrected chi connectivity index (χ1v) is 7.86. The maximum absolute atomic E-state index is 12.3. The van der Waals surface area contributed by atoms with Crippen LogP contribution in [0.15, 0.2) is 48.0 Å². The Morgan fingerprint density at radius 1 is 1.04 bits per heavy atom. The molecule has 0 bridgehead atoms. The molecule has 0 atom stereocenters. The number of hydrogen-bond donors (Lipinski definition) is 1. The second-order valence-electron chi connectivity index (χ2n) is 5.31. The molecule has 0 fully saturated rings. The SMILES string of the molecule is COc1ccc(CNC(=O)/C(C#N)=C/c2ccc(OC)c(OC)c2)cc1. The second-order valence-corrected chi connectivity index (χ2v) is 5.31. The summed E-state index contributed by atoms with van der Waals surface area (Å²) < 4.78 is 15.5. The number of nitriles is 1. The Hall–Kier alpha value is -3.46. The summed E-state index contributed by atoms with van der Waals surface area (Å²) in [5.74, 6) is 1.40. The van der Waals surface area contributed by atoms with Crippen LogP contribution in [0.1, 0.15) is 11.1 Å². The van der Waals surface area contributed by atoms with E-state index in [2.05, 4.69) is 5.32 Å². The molecule has 1 N–H and O–H groups in total. The fourth-order valence-electron chi connectivity index (χ4n) is 2.28. The van der Waals surface area contributed by atoms with Gasteiger partial charge in [-0.25, -0.2) is 0 Å². The average molecular weight is 352 g/mol. The molecule has 0 unspecified atom stereocenters. The van der Waals surface area contributed by atoms with E-state index in [0.29, 0.717) is 23.6 Å². The third-order valence-corrected chi connectivity index (χ3v) is 3.70. The standard InChI is InChI=1S/C20H20N2O4/c1-24-17-7-4-14(5-8-17)13-22-20(23)16(12-21)10-15-6-9-18(25-2)19(11-15)26-3/h4-11H,13H2,1-3H3,(H,22,23)/b16-10+. The Balaban J connectivity index is 2.10. The molecule has 26 heavy (non-hydrogen) atoms. The zero-order valence-electron chi connectivity index (χ0n) is 14.9. The Bertz CT molecular complexity index is 836. The molecule has 2 aromatic rings. The molecule has 1 amide bonds. The highest BCUT2D eigenvalue weighted by Gasteiger charge is 2.10. The highest BCUT2D eigenvalue weighted by atomic mass is 16.5. The summed E-state index contributed by atoms with van der Waals surface area (Å²) in [6.45, 7) is 0.313. The van der Waals surface area contributed by atoms with Gasteiger partial charge < -0.3 is 19.5 Å². The molecule has 0 heterocycles. The van der Waals surface area contributed by atoms with Crippen LogP contribution in [0, 0.1) is 11.3 Å². The number of nitrogens with one attached hydrogen (secondary N) is 1. The molecule has 0 spiro atoms. The lowest BCUT2D eigenvalue weighted by Gasteiger charge is -2.08.